The molecule has 0 aromatic heterocycles. The lowest BCUT2D eigenvalue weighted by molar-refractivity contribution is -0.133. The fraction of sp³-hybridized carbons (Fsp3) is 0.562. The summed E-state index contributed by atoms with van der Waals surface area (Å²) in [6.07, 6.45) is 0.335. The number of nitrogens with zero attached hydrogens (tertiary/aromatic N) is 2. The minimum Gasteiger partial charge on any atom is -0.508 e. The van der Waals surface area contributed by atoms with Crippen molar-refractivity contribution in [2.24, 2.45) is 5.92 Å². The van der Waals surface area contributed by atoms with Gasteiger partial charge in [0.25, 0.3) is 0 Å². The number of hydrogen-bond donors (Lipinski definition) is 1. The van der Waals surface area contributed by atoms with Gasteiger partial charge in [0.2, 0.25) is 5.91 Å². The second-order valence-electron chi connectivity index (χ2n) is 6.17. The molecule has 1 aromatic rings. The van der Waals surface area contributed by atoms with Gasteiger partial charge in [-0.3, -0.25) is 4.79 Å². The number of aromatic hydroxyl groups is 1. The Morgan fingerprint density at radius 2 is 2.19 bits per heavy atom. The molecule has 2 heterocycles. The third-order valence-electron chi connectivity index (χ3n) is 4.24. The second kappa shape index (κ2) is 6.03. The summed E-state index contributed by atoms with van der Waals surface area (Å²) in [6.45, 7) is 3.96. The lowest BCUT2D eigenvalue weighted by Gasteiger charge is -2.29. The summed E-state index contributed by atoms with van der Waals surface area (Å²) >= 11 is 0. The number of rotatable bonds is 2. The van der Waals surface area contributed by atoms with Crippen molar-refractivity contribution >= 4 is 5.91 Å². The van der Waals surface area contributed by atoms with E-state index in [2.05, 4.69) is 11.9 Å². The molecule has 2 aliphatic heterocycles. The van der Waals surface area contributed by atoms with Crippen LogP contribution in [0.4, 0.5) is 0 Å². The molecule has 0 unspecified atom stereocenters. The fourth-order valence-corrected chi connectivity index (χ4v) is 3.33. The van der Waals surface area contributed by atoms with Gasteiger partial charge in [-0.2, -0.15) is 0 Å². The minimum absolute atomic E-state index is 0.122. The zero-order chi connectivity index (χ0) is 14.8. The molecule has 2 fully saturated rings. The van der Waals surface area contributed by atoms with Crippen molar-refractivity contribution in [3.05, 3.63) is 29.8 Å². The molecular formula is C16H22N2O3. The first kappa shape index (κ1) is 14.4. The quantitative estimate of drug-likeness (QED) is 0.872. The van der Waals surface area contributed by atoms with Crippen LogP contribution in [0.5, 0.6) is 5.75 Å². The van der Waals surface area contributed by atoms with Gasteiger partial charge >= 0.3 is 0 Å². The van der Waals surface area contributed by atoms with Gasteiger partial charge < -0.3 is 19.6 Å². The van der Waals surface area contributed by atoms with Crippen LogP contribution in [0.1, 0.15) is 5.56 Å². The zero-order valence-corrected chi connectivity index (χ0v) is 12.4. The molecule has 1 aromatic carbocycles. The first-order chi connectivity index (χ1) is 10.1. The van der Waals surface area contributed by atoms with Crippen LogP contribution in [-0.4, -0.2) is 66.8 Å². The van der Waals surface area contributed by atoms with Gasteiger partial charge in [-0.05, 0) is 24.7 Å². The maximum absolute atomic E-state index is 12.7. The average molecular weight is 290 g/mol. The van der Waals surface area contributed by atoms with E-state index in [9.17, 15) is 9.90 Å². The molecule has 0 spiro atoms. The SMILES string of the molecule is CN1C[C@@H]2COC[C@H](C1)N(C(=O)Cc1cccc(O)c1)C2. The molecule has 21 heavy (non-hydrogen) atoms. The van der Waals surface area contributed by atoms with E-state index in [0.717, 1.165) is 31.8 Å². The highest BCUT2D eigenvalue weighted by molar-refractivity contribution is 5.79. The molecule has 0 saturated carbocycles. The standard InChI is InChI=1S/C16H22N2O3/c1-17-7-13-8-18(14(9-17)11-21-10-13)16(20)6-12-3-2-4-15(19)5-12/h2-5,13-14,19H,6-11H2,1H3/t13-,14-/m0/s1. The smallest absolute Gasteiger partial charge is 0.227 e. The molecule has 2 saturated heterocycles. The van der Waals surface area contributed by atoms with Crippen LogP contribution in [0.3, 0.4) is 0 Å². The van der Waals surface area contributed by atoms with Crippen molar-refractivity contribution in [3.63, 3.8) is 0 Å². The first-order valence-corrected chi connectivity index (χ1v) is 7.45. The predicted octanol–water partition coefficient (Wildman–Crippen LogP) is 0.724. The molecule has 1 N–H and O–H groups in total. The van der Waals surface area contributed by atoms with Crippen LogP contribution in [0.25, 0.3) is 0 Å². The van der Waals surface area contributed by atoms with E-state index in [-0.39, 0.29) is 17.7 Å². The third-order valence-corrected chi connectivity index (χ3v) is 4.24. The molecule has 2 atom stereocenters. The number of amides is 1. The van der Waals surface area contributed by atoms with E-state index in [0.29, 0.717) is 18.9 Å². The fourth-order valence-electron chi connectivity index (χ4n) is 3.33. The van der Waals surface area contributed by atoms with Gasteiger partial charge in [-0.25, -0.2) is 0 Å². The van der Waals surface area contributed by atoms with Crippen LogP contribution in [-0.2, 0) is 16.0 Å². The number of phenols is 1. The second-order valence-corrected chi connectivity index (χ2v) is 6.17. The normalized spacial score (nSPS) is 26.4. The van der Waals surface area contributed by atoms with Crippen LogP contribution < -0.4 is 0 Å². The molecule has 0 radical (unpaired) electrons. The van der Waals surface area contributed by atoms with Crippen LogP contribution in [0, 0.1) is 5.92 Å². The number of carbonyl (C=O) groups excluding carboxylic acids is 1. The summed E-state index contributed by atoms with van der Waals surface area (Å²) in [6, 6.07) is 7.06. The van der Waals surface area contributed by atoms with Gasteiger partial charge in [0.1, 0.15) is 5.75 Å². The summed E-state index contributed by atoms with van der Waals surface area (Å²) in [4.78, 5) is 16.9. The van der Waals surface area contributed by atoms with Gasteiger partial charge in [0, 0.05) is 25.6 Å². The van der Waals surface area contributed by atoms with Crippen molar-refractivity contribution in [3.8, 4) is 5.75 Å². The molecular weight excluding hydrogens is 268 g/mol. The van der Waals surface area contributed by atoms with Gasteiger partial charge in [0.15, 0.2) is 0 Å². The van der Waals surface area contributed by atoms with E-state index in [1.165, 1.54) is 0 Å². The van der Waals surface area contributed by atoms with Crippen molar-refractivity contribution in [1.82, 2.24) is 9.80 Å². The number of fused-ring (bicyclic) bond motifs is 3. The van der Waals surface area contributed by atoms with Crippen LogP contribution >= 0.6 is 0 Å². The summed E-state index contributed by atoms with van der Waals surface area (Å²) in [5, 5.41) is 9.51. The molecule has 114 valence electrons. The van der Waals surface area contributed by atoms with Crippen molar-refractivity contribution in [2.75, 3.05) is 39.9 Å². The number of likely N-dealkylation sites (N-methyl/N-ethyl adjacent to an activating group) is 1. The maximum Gasteiger partial charge on any atom is 0.227 e. The predicted molar refractivity (Wildman–Crippen MR) is 79.1 cm³/mol. The third kappa shape index (κ3) is 3.36. The Morgan fingerprint density at radius 1 is 1.33 bits per heavy atom. The van der Waals surface area contributed by atoms with E-state index in [4.69, 9.17) is 4.74 Å². The molecule has 2 bridgehead atoms. The highest BCUT2D eigenvalue weighted by Gasteiger charge is 2.34. The van der Waals surface area contributed by atoms with Crippen molar-refractivity contribution < 1.29 is 14.6 Å². The highest BCUT2D eigenvalue weighted by atomic mass is 16.5. The molecule has 5 heteroatoms. The molecule has 5 nitrogen and oxygen atoms in total. The van der Waals surface area contributed by atoms with Crippen molar-refractivity contribution in [2.45, 2.75) is 12.5 Å². The topological polar surface area (TPSA) is 53.0 Å². The number of hydrogen-bond acceptors (Lipinski definition) is 4. The summed E-state index contributed by atoms with van der Waals surface area (Å²) in [7, 11) is 2.11. The monoisotopic (exact) mass is 290 g/mol. The Kier molecular flexibility index (Phi) is 4.12. The van der Waals surface area contributed by atoms with Crippen LogP contribution in [0.15, 0.2) is 24.3 Å². The first-order valence-electron chi connectivity index (χ1n) is 7.45. The molecule has 1 amide bonds. The maximum atomic E-state index is 12.7. The van der Waals surface area contributed by atoms with E-state index >= 15 is 0 Å². The largest absolute Gasteiger partial charge is 0.508 e. The Bertz CT molecular complexity index is 520. The molecule has 3 rings (SSSR count). The summed E-state index contributed by atoms with van der Waals surface area (Å²) < 4.78 is 5.70. The molecule has 0 aliphatic carbocycles. The molecule has 2 aliphatic rings. The highest BCUT2D eigenvalue weighted by Crippen LogP contribution is 2.20. The number of ether oxygens (including phenoxy) is 1. The zero-order valence-electron chi connectivity index (χ0n) is 12.4. The van der Waals surface area contributed by atoms with E-state index in [1.54, 1.807) is 18.2 Å². The Hall–Kier alpha value is -1.59. The van der Waals surface area contributed by atoms with Crippen molar-refractivity contribution in [1.29, 1.82) is 0 Å². The summed E-state index contributed by atoms with van der Waals surface area (Å²) in [5.41, 5.74) is 0.855. The average Bonchev–Trinajstić information content (AvgIpc) is 2.68. The summed E-state index contributed by atoms with van der Waals surface area (Å²) in [5.74, 6) is 0.713. The number of phenolic OH excluding ortho intramolecular Hbond substituents is 1. The number of carbonyl (C=O) groups is 1. The van der Waals surface area contributed by atoms with Gasteiger partial charge in [-0.15, -0.1) is 0 Å². The van der Waals surface area contributed by atoms with Crippen LogP contribution in [0.2, 0.25) is 0 Å². The lowest BCUT2D eigenvalue weighted by Crippen LogP contribution is -2.46. The number of benzene rings is 1. The van der Waals surface area contributed by atoms with E-state index < -0.39 is 0 Å². The Labute approximate surface area is 125 Å². The van der Waals surface area contributed by atoms with Gasteiger partial charge in [-0.1, -0.05) is 12.1 Å². The van der Waals surface area contributed by atoms with E-state index in [1.807, 2.05) is 11.0 Å². The van der Waals surface area contributed by atoms with Gasteiger partial charge in [0.05, 0.1) is 25.7 Å². The lowest BCUT2D eigenvalue weighted by atomic mass is 10.1. The Balaban J connectivity index is 1.74. The Morgan fingerprint density at radius 3 is 3.00 bits per heavy atom. The minimum atomic E-state index is 0.122.